The van der Waals surface area contributed by atoms with Crippen molar-refractivity contribution in [3.05, 3.63) is 22.9 Å². The molecule has 7 heteroatoms. The van der Waals surface area contributed by atoms with Crippen LogP contribution in [0.5, 0.6) is 0 Å². The SMILES string of the molecule is CN(c1nc2c(cc1C(N)=S)CCC2)C1CCS(=O)(=O)C1. The third kappa shape index (κ3) is 2.76. The summed E-state index contributed by atoms with van der Waals surface area (Å²) in [5.74, 6) is 1.15. The van der Waals surface area contributed by atoms with Gasteiger partial charge in [0.05, 0.1) is 17.1 Å². The second kappa shape index (κ2) is 5.21. The molecule has 3 rings (SSSR count). The molecule has 2 heterocycles. The lowest BCUT2D eigenvalue weighted by Crippen LogP contribution is -2.35. The van der Waals surface area contributed by atoms with Gasteiger partial charge in [0.2, 0.25) is 0 Å². The standard InChI is InChI=1S/C14H19N3O2S2/c1-17(10-5-6-21(18,19)8-10)14-11(13(15)20)7-9-3-2-4-12(9)16-14/h7,10H,2-6,8H2,1H3,(H2,15,20). The number of rotatable bonds is 3. The number of pyridine rings is 1. The molecule has 1 atom stereocenters. The summed E-state index contributed by atoms with van der Waals surface area (Å²) in [5.41, 5.74) is 8.92. The Bertz CT molecular complexity index is 700. The van der Waals surface area contributed by atoms with Crippen LogP contribution in [-0.2, 0) is 22.7 Å². The summed E-state index contributed by atoms with van der Waals surface area (Å²) in [6.07, 6.45) is 3.72. The molecule has 1 unspecified atom stereocenters. The molecule has 1 aliphatic heterocycles. The van der Waals surface area contributed by atoms with Gasteiger partial charge in [0, 0.05) is 18.8 Å². The van der Waals surface area contributed by atoms with Gasteiger partial charge in [0.15, 0.2) is 9.84 Å². The van der Waals surface area contributed by atoms with E-state index in [1.807, 2.05) is 18.0 Å². The van der Waals surface area contributed by atoms with E-state index in [0.717, 1.165) is 36.3 Å². The molecule has 1 aliphatic carbocycles. The van der Waals surface area contributed by atoms with Gasteiger partial charge in [-0.15, -0.1) is 0 Å². The van der Waals surface area contributed by atoms with Gasteiger partial charge in [-0.25, -0.2) is 13.4 Å². The fraction of sp³-hybridized carbons (Fsp3) is 0.571. The number of thiocarbonyl (C=S) groups is 1. The molecule has 0 aromatic carbocycles. The molecule has 1 saturated heterocycles. The van der Waals surface area contributed by atoms with Crippen LogP contribution in [0.15, 0.2) is 6.07 Å². The van der Waals surface area contributed by atoms with Gasteiger partial charge in [0.1, 0.15) is 10.8 Å². The number of hydrogen-bond donors (Lipinski definition) is 1. The Hall–Kier alpha value is -1.21. The Morgan fingerprint density at radius 1 is 1.48 bits per heavy atom. The van der Waals surface area contributed by atoms with Gasteiger partial charge >= 0.3 is 0 Å². The van der Waals surface area contributed by atoms with Gasteiger partial charge in [-0.3, -0.25) is 0 Å². The summed E-state index contributed by atoms with van der Waals surface area (Å²) in [6.45, 7) is 0. The average molecular weight is 325 g/mol. The van der Waals surface area contributed by atoms with Gasteiger partial charge in [0.25, 0.3) is 0 Å². The first-order valence-corrected chi connectivity index (χ1v) is 9.36. The highest BCUT2D eigenvalue weighted by molar-refractivity contribution is 7.91. The summed E-state index contributed by atoms with van der Waals surface area (Å²) >= 11 is 5.15. The van der Waals surface area contributed by atoms with Crippen LogP contribution in [0.25, 0.3) is 0 Å². The Kier molecular flexibility index (Phi) is 3.65. The van der Waals surface area contributed by atoms with Crippen LogP contribution < -0.4 is 10.6 Å². The van der Waals surface area contributed by atoms with Crippen LogP contribution in [0.2, 0.25) is 0 Å². The van der Waals surface area contributed by atoms with Gasteiger partial charge in [-0.05, 0) is 37.3 Å². The number of fused-ring (bicyclic) bond motifs is 1. The number of nitrogens with zero attached hydrogens (tertiary/aromatic N) is 2. The van der Waals surface area contributed by atoms with E-state index in [2.05, 4.69) is 0 Å². The van der Waals surface area contributed by atoms with Crippen LogP contribution in [0.1, 0.15) is 29.7 Å². The highest BCUT2D eigenvalue weighted by Gasteiger charge is 2.32. The number of nitrogens with two attached hydrogens (primary N) is 1. The molecule has 1 aromatic heterocycles. The molecular weight excluding hydrogens is 306 g/mol. The van der Waals surface area contributed by atoms with Gasteiger partial charge in [-0.1, -0.05) is 12.2 Å². The first-order valence-electron chi connectivity index (χ1n) is 7.13. The molecule has 2 N–H and O–H groups in total. The van der Waals surface area contributed by atoms with Crippen molar-refractivity contribution < 1.29 is 8.42 Å². The molecule has 1 aromatic rings. The minimum Gasteiger partial charge on any atom is -0.389 e. The van der Waals surface area contributed by atoms with Crippen molar-refractivity contribution in [2.45, 2.75) is 31.7 Å². The first kappa shape index (κ1) is 14.7. The van der Waals surface area contributed by atoms with Crippen LogP contribution >= 0.6 is 12.2 Å². The lowest BCUT2D eigenvalue weighted by Gasteiger charge is -2.27. The Labute approximate surface area is 130 Å². The third-order valence-electron chi connectivity index (χ3n) is 4.39. The zero-order valence-electron chi connectivity index (χ0n) is 12.0. The molecule has 0 spiro atoms. The quantitative estimate of drug-likeness (QED) is 0.830. The maximum atomic E-state index is 11.7. The largest absolute Gasteiger partial charge is 0.389 e. The van der Waals surface area contributed by atoms with E-state index in [0.29, 0.717) is 11.4 Å². The van der Waals surface area contributed by atoms with Crippen molar-refractivity contribution in [1.82, 2.24) is 4.98 Å². The highest BCUT2D eigenvalue weighted by Crippen LogP contribution is 2.29. The number of sulfone groups is 1. The Balaban J connectivity index is 1.99. The fourth-order valence-corrected chi connectivity index (χ4v) is 5.09. The molecule has 114 valence electrons. The van der Waals surface area contributed by atoms with Crippen LogP contribution in [0, 0.1) is 0 Å². The number of hydrogen-bond acceptors (Lipinski definition) is 5. The monoisotopic (exact) mass is 325 g/mol. The normalized spacial score (nSPS) is 23.0. The van der Waals surface area contributed by atoms with Gasteiger partial charge in [-0.2, -0.15) is 0 Å². The lowest BCUT2D eigenvalue weighted by molar-refractivity contribution is 0.600. The van der Waals surface area contributed by atoms with Crippen LogP contribution in [0.3, 0.4) is 0 Å². The summed E-state index contributed by atoms with van der Waals surface area (Å²) in [6, 6.07) is 1.99. The van der Waals surface area contributed by atoms with E-state index >= 15 is 0 Å². The molecule has 0 bridgehead atoms. The third-order valence-corrected chi connectivity index (χ3v) is 6.36. The minimum atomic E-state index is -2.93. The minimum absolute atomic E-state index is 0.0462. The smallest absolute Gasteiger partial charge is 0.152 e. The zero-order chi connectivity index (χ0) is 15.2. The summed E-state index contributed by atoms with van der Waals surface area (Å²) in [4.78, 5) is 6.99. The maximum absolute atomic E-state index is 11.7. The van der Waals surface area contributed by atoms with Crippen LogP contribution in [-0.4, -0.2) is 43.0 Å². The van der Waals surface area contributed by atoms with Crippen molar-refractivity contribution in [2.75, 3.05) is 23.5 Å². The zero-order valence-corrected chi connectivity index (χ0v) is 13.6. The molecule has 0 amide bonds. The van der Waals surface area contributed by atoms with E-state index in [4.69, 9.17) is 22.9 Å². The summed E-state index contributed by atoms with van der Waals surface area (Å²) in [5, 5.41) is 0. The van der Waals surface area contributed by atoms with E-state index in [9.17, 15) is 8.42 Å². The Morgan fingerprint density at radius 2 is 2.24 bits per heavy atom. The maximum Gasteiger partial charge on any atom is 0.152 e. The van der Waals surface area contributed by atoms with Gasteiger partial charge < -0.3 is 10.6 Å². The number of aromatic nitrogens is 1. The molecule has 1 fully saturated rings. The van der Waals surface area contributed by atoms with E-state index in [1.165, 1.54) is 5.56 Å². The van der Waals surface area contributed by atoms with Crippen molar-refractivity contribution in [2.24, 2.45) is 5.73 Å². The topological polar surface area (TPSA) is 76.3 Å². The fourth-order valence-electron chi connectivity index (χ4n) is 3.17. The van der Waals surface area contributed by atoms with Crippen molar-refractivity contribution in [3.8, 4) is 0 Å². The first-order chi connectivity index (χ1) is 9.87. The summed E-state index contributed by atoms with van der Waals surface area (Å²) < 4.78 is 23.4. The Morgan fingerprint density at radius 3 is 2.86 bits per heavy atom. The second-order valence-corrected chi connectivity index (χ2v) is 8.52. The van der Waals surface area contributed by atoms with Crippen molar-refractivity contribution in [3.63, 3.8) is 0 Å². The molecule has 5 nitrogen and oxygen atoms in total. The number of aryl methyl sites for hydroxylation is 2. The predicted octanol–water partition coefficient (Wildman–Crippen LogP) is 0.828. The molecule has 21 heavy (non-hydrogen) atoms. The van der Waals surface area contributed by atoms with E-state index in [-0.39, 0.29) is 17.5 Å². The average Bonchev–Trinajstić information content (AvgIpc) is 3.01. The molecule has 0 radical (unpaired) electrons. The molecule has 2 aliphatic rings. The summed E-state index contributed by atoms with van der Waals surface area (Å²) in [7, 11) is -1.04. The van der Waals surface area contributed by atoms with Crippen LogP contribution in [0.4, 0.5) is 5.82 Å². The number of anilines is 1. The van der Waals surface area contributed by atoms with Crippen molar-refractivity contribution in [1.29, 1.82) is 0 Å². The second-order valence-electron chi connectivity index (χ2n) is 5.85. The van der Waals surface area contributed by atoms with E-state index in [1.54, 1.807) is 0 Å². The highest BCUT2D eigenvalue weighted by atomic mass is 32.2. The van der Waals surface area contributed by atoms with E-state index < -0.39 is 9.84 Å². The predicted molar refractivity (Wildman–Crippen MR) is 87.6 cm³/mol. The molecular formula is C14H19N3O2S2. The van der Waals surface area contributed by atoms with Crippen molar-refractivity contribution >= 4 is 32.9 Å². The lowest BCUT2D eigenvalue weighted by atomic mass is 10.1. The molecule has 0 saturated carbocycles.